The van der Waals surface area contributed by atoms with Crippen molar-refractivity contribution < 1.29 is 19.4 Å². The molecular weight excluding hydrogens is 208 g/mol. The third kappa shape index (κ3) is 8.26. The number of ether oxygens (including phenoxy) is 1. The molecular formula is C12H22O4. The van der Waals surface area contributed by atoms with Crippen molar-refractivity contribution in [1.82, 2.24) is 0 Å². The van der Waals surface area contributed by atoms with E-state index in [1.807, 2.05) is 0 Å². The van der Waals surface area contributed by atoms with Crippen LogP contribution < -0.4 is 0 Å². The molecule has 0 atom stereocenters. The highest BCUT2D eigenvalue weighted by molar-refractivity contribution is 5.76. The Kier molecular flexibility index (Phi) is 6.77. The Bertz CT molecular complexity index is 233. The van der Waals surface area contributed by atoms with E-state index in [1.54, 1.807) is 0 Å². The summed E-state index contributed by atoms with van der Waals surface area (Å²) in [5, 5.41) is 8.36. The van der Waals surface area contributed by atoms with Gasteiger partial charge in [-0.1, -0.05) is 27.2 Å². The van der Waals surface area contributed by atoms with Gasteiger partial charge in [0.15, 0.2) is 0 Å². The summed E-state index contributed by atoms with van der Waals surface area (Å²) in [6, 6.07) is 0. The van der Waals surface area contributed by atoms with Crippen LogP contribution in [0.2, 0.25) is 0 Å². The molecule has 0 spiro atoms. The summed E-state index contributed by atoms with van der Waals surface area (Å²) in [7, 11) is 0. The van der Waals surface area contributed by atoms with Crippen molar-refractivity contribution in [1.29, 1.82) is 0 Å². The Morgan fingerprint density at radius 2 is 1.88 bits per heavy atom. The second-order valence-corrected chi connectivity index (χ2v) is 4.74. The molecule has 0 fully saturated rings. The van der Waals surface area contributed by atoms with E-state index in [4.69, 9.17) is 9.84 Å². The van der Waals surface area contributed by atoms with Gasteiger partial charge in [0, 0.05) is 0 Å². The maximum Gasteiger partial charge on any atom is 0.306 e. The van der Waals surface area contributed by atoms with Gasteiger partial charge in [0.2, 0.25) is 0 Å². The first-order chi connectivity index (χ1) is 7.37. The smallest absolute Gasteiger partial charge is 0.306 e. The fourth-order valence-electron chi connectivity index (χ4n) is 1.19. The van der Waals surface area contributed by atoms with E-state index in [-0.39, 0.29) is 18.3 Å². The van der Waals surface area contributed by atoms with Crippen LogP contribution in [-0.2, 0) is 14.3 Å². The summed E-state index contributed by atoms with van der Waals surface area (Å²) in [6.07, 6.45) is 2.75. The molecule has 94 valence electrons. The summed E-state index contributed by atoms with van der Waals surface area (Å²) in [5.74, 6) is -1.39. The van der Waals surface area contributed by atoms with E-state index < -0.39 is 11.9 Å². The maximum atomic E-state index is 11.1. The zero-order chi connectivity index (χ0) is 12.6. The monoisotopic (exact) mass is 230 g/mol. The van der Waals surface area contributed by atoms with Crippen LogP contribution in [0.5, 0.6) is 0 Å². The van der Waals surface area contributed by atoms with E-state index in [0.29, 0.717) is 6.61 Å². The average molecular weight is 230 g/mol. The number of esters is 1. The highest BCUT2D eigenvalue weighted by Crippen LogP contribution is 2.25. The minimum absolute atomic E-state index is 0.0352. The summed E-state index contributed by atoms with van der Waals surface area (Å²) in [4.78, 5) is 21.3. The SMILES string of the molecule is CCC(C)(C)CCCOC(=O)CCC(=O)O. The molecule has 0 saturated heterocycles. The summed E-state index contributed by atoms with van der Waals surface area (Å²) < 4.78 is 4.93. The van der Waals surface area contributed by atoms with Crippen LogP contribution in [0.25, 0.3) is 0 Å². The molecule has 0 aliphatic heterocycles. The fourth-order valence-corrected chi connectivity index (χ4v) is 1.19. The van der Waals surface area contributed by atoms with Gasteiger partial charge in [-0.05, 0) is 18.3 Å². The molecule has 0 aliphatic carbocycles. The van der Waals surface area contributed by atoms with Crippen molar-refractivity contribution in [2.45, 2.75) is 52.9 Å². The highest BCUT2D eigenvalue weighted by Gasteiger charge is 2.14. The zero-order valence-electron chi connectivity index (χ0n) is 10.4. The van der Waals surface area contributed by atoms with Gasteiger partial charge in [-0.2, -0.15) is 0 Å². The van der Waals surface area contributed by atoms with Crippen LogP contribution >= 0.6 is 0 Å². The quantitative estimate of drug-likeness (QED) is 0.514. The molecule has 0 aliphatic rings. The number of aliphatic carboxylic acids is 1. The molecule has 0 heterocycles. The number of carboxylic acid groups (broad SMARTS) is 1. The Balaban J connectivity index is 3.52. The van der Waals surface area contributed by atoms with E-state index in [9.17, 15) is 9.59 Å². The molecule has 0 saturated carbocycles. The summed E-state index contributed by atoms with van der Waals surface area (Å²) in [5.41, 5.74) is 0.285. The lowest BCUT2D eigenvalue weighted by Crippen LogP contribution is -2.13. The molecule has 0 rings (SSSR count). The first-order valence-corrected chi connectivity index (χ1v) is 5.75. The van der Waals surface area contributed by atoms with Crippen molar-refractivity contribution in [3.63, 3.8) is 0 Å². The van der Waals surface area contributed by atoms with Gasteiger partial charge >= 0.3 is 11.9 Å². The lowest BCUT2D eigenvalue weighted by Gasteiger charge is -2.21. The molecule has 1 N–H and O–H groups in total. The fraction of sp³-hybridized carbons (Fsp3) is 0.833. The normalized spacial score (nSPS) is 11.2. The second-order valence-electron chi connectivity index (χ2n) is 4.74. The standard InChI is InChI=1S/C12H22O4/c1-4-12(2,3)8-5-9-16-11(15)7-6-10(13)14/h4-9H2,1-3H3,(H,13,14). The van der Waals surface area contributed by atoms with Crippen LogP contribution in [0.1, 0.15) is 52.9 Å². The molecule has 4 heteroatoms. The Labute approximate surface area is 97.0 Å². The average Bonchev–Trinajstić information content (AvgIpc) is 2.21. The Morgan fingerprint density at radius 1 is 1.25 bits per heavy atom. The van der Waals surface area contributed by atoms with Crippen LogP contribution in [0.15, 0.2) is 0 Å². The van der Waals surface area contributed by atoms with Crippen molar-refractivity contribution in [3.8, 4) is 0 Å². The van der Waals surface area contributed by atoms with Gasteiger partial charge in [0.25, 0.3) is 0 Å². The second kappa shape index (κ2) is 7.25. The van der Waals surface area contributed by atoms with Crippen LogP contribution in [-0.4, -0.2) is 23.7 Å². The van der Waals surface area contributed by atoms with Gasteiger partial charge in [0.1, 0.15) is 0 Å². The summed E-state index contributed by atoms with van der Waals surface area (Å²) >= 11 is 0. The molecule has 0 unspecified atom stereocenters. The third-order valence-electron chi connectivity index (χ3n) is 2.76. The van der Waals surface area contributed by atoms with Crippen LogP contribution in [0.3, 0.4) is 0 Å². The van der Waals surface area contributed by atoms with E-state index in [2.05, 4.69) is 20.8 Å². The van der Waals surface area contributed by atoms with Crippen molar-refractivity contribution in [2.24, 2.45) is 5.41 Å². The minimum atomic E-state index is -0.968. The number of rotatable bonds is 8. The number of hydrogen-bond acceptors (Lipinski definition) is 3. The number of carbonyl (C=O) groups is 2. The van der Waals surface area contributed by atoms with E-state index in [1.165, 1.54) is 0 Å². The molecule has 0 amide bonds. The molecule has 0 radical (unpaired) electrons. The van der Waals surface area contributed by atoms with Gasteiger partial charge < -0.3 is 9.84 Å². The molecule has 0 aromatic rings. The van der Waals surface area contributed by atoms with Crippen molar-refractivity contribution in [3.05, 3.63) is 0 Å². The third-order valence-corrected chi connectivity index (χ3v) is 2.76. The lowest BCUT2D eigenvalue weighted by molar-refractivity contribution is -0.147. The van der Waals surface area contributed by atoms with Crippen LogP contribution in [0, 0.1) is 5.41 Å². The zero-order valence-corrected chi connectivity index (χ0v) is 10.4. The van der Waals surface area contributed by atoms with Gasteiger partial charge in [-0.3, -0.25) is 9.59 Å². The molecule has 16 heavy (non-hydrogen) atoms. The van der Waals surface area contributed by atoms with Crippen LogP contribution in [0.4, 0.5) is 0 Å². The Morgan fingerprint density at radius 3 is 2.38 bits per heavy atom. The summed E-state index contributed by atoms with van der Waals surface area (Å²) in [6.45, 7) is 6.89. The number of carboxylic acids is 1. The van der Waals surface area contributed by atoms with Crippen molar-refractivity contribution >= 4 is 11.9 Å². The predicted molar refractivity (Wildman–Crippen MR) is 61.1 cm³/mol. The predicted octanol–water partition coefficient (Wildman–Crippen LogP) is 2.61. The Hall–Kier alpha value is -1.06. The maximum absolute atomic E-state index is 11.1. The van der Waals surface area contributed by atoms with E-state index in [0.717, 1.165) is 19.3 Å². The molecule has 4 nitrogen and oxygen atoms in total. The van der Waals surface area contributed by atoms with Gasteiger partial charge in [0.05, 0.1) is 19.4 Å². The largest absolute Gasteiger partial charge is 0.481 e. The molecule has 0 aromatic heterocycles. The first kappa shape index (κ1) is 14.9. The van der Waals surface area contributed by atoms with Crippen molar-refractivity contribution in [2.75, 3.05) is 6.61 Å². The lowest BCUT2D eigenvalue weighted by atomic mass is 9.85. The topological polar surface area (TPSA) is 63.6 Å². The van der Waals surface area contributed by atoms with Gasteiger partial charge in [-0.25, -0.2) is 0 Å². The first-order valence-electron chi connectivity index (χ1n) is 5.75. The minimum Gasteiger partial charge on any atom is -0.481 e. The number of carbonyl (C=O) groups excluding carboxylic acids is 1. The van der Waals surface area contributed by atoms with E-state index >= 15 is 0 Å². The highest BCUT2D eigenvalue weighted by atomic mass is 16.5. The van der Waals surface area contributed by atoms with Gasteiger partial charge in [-0.15, -0.1) is 0 Å². The molecule has 0 aromatic carbocycles. The molecule has 0 bridgehead atoms. The number of hydrogen-bond donors (Lipinski definition) is 1.